The molecule has 0 aromatic carbocycles. The van der Waals surface area contributed by atoms with Gasteiger partial charge >= 0.3 is 0 Å². The monoisotopic (exact) mass is 248 g/mol. The average Bonchev–Trinajstić information content (AvgIpc) is 3.02. The van der Waals surface area contributed by atoms with E-state index in [0.717, 1.165) is 11.3 Å². The predicted molar refractivity (Wildman–Crippen MR) is 66.4 cm³/mol. The molecule has 0 unspecified atom stereocenters. The van der Waals surface area contributed by atoms with Crippen LogP contribution in [0.5, 0.6) is 0 Å². The van der Waals surface area contributed by atoms with Gasteiger partial charge in [0.2, 0.25) is 0 Å². The Morgan fingerprint density at radius 2 is 2.22 bits per heavy atom. The number of furan rings is 2. The largest absolute Gasteiger partial charge is 0.472 e. The Labute approximate surface area is 105 Å². The topological polar surface area (TPSA) is 62.1 Å². The highest BCUT2D eigenvalue weighted by atomic mass is 16.4. The van der Waals surface area contributed by atoms with E-state index in [1.807, 2.05) is 18.2 Å². The van der Waals surface area contributed by atoms with E-state index in [4.69, 9.17) is 14.0 Å². The summed E-state index contributed by atoms with van der Waals surface area (Å²) < 4.78 is 10.4. The molecular weight excluding hydrogens is 232 g/mol. The average molecular weight is 248 g/mol. The van der Waals surface area contributed by atoms with Crippen LogP contribution >= 0.6 is 0 Å². The van der Waals surface area contributed by atoms with E-state index in [2.05, 4.69) is 10.1 Å². The first kappa shape index (κ1) is 12.4. The van der Waals surface area contributed by atoms with E-state index in [9.17, 15) is 0 Å². The molecule has 0 fully saturated rings. The second-order valence-electron chi connectivity index (χ2n) is 4.19. The summed E-state index contributed by atoms with van der Waals surface area (Å²) in [6.45, 7) is 3.72. The smallest absolute Gasteiger partial charge is 0.117 e. The van der Waals surface area contributed by atoms with Crippen LogP contribution in [0, 0.1) is 0 Å². The van der Waals surface area contributed by atoms with Crippen LogP contribution in [0.2, 0.25) is 0 Å². The van der Waals surface area contributed by atoms with Crippen molar-refractivity contribution in [2.45, 2.75) is 20.0 Å². The molecule has 5 heteroatoms. The van der Waals surface area contributed by atoms with E-state index in [1.54, 1.807) is 25.7 Å². The fourth-order valence-corrected chi connectivity index (χ4v) is 1.79. The molecule has 0 spiro atoms. The van der Waals surface area contributed by atoms with E-state index in [0.29, 0.717) is 25.3 Å². The Hall–Kier alpha value is -2.01. The van der Waals surface area contributed by atoms with Gasteiger partial charge in [-0.3, -0.25) is 4.90 Å². The zero-order chi connectivity index (χ0) is 12.8. The van der Waals surface area contributed by atoms with Gasteiger partial charge in [0.1, 0.15) is 5.76 Å². The Bertz CT molecular complexity index is 438. The lowest BCUT2D eigenvalue weighted by Crippen LogP contribution is -2.27. The minimum Gasteiger partial charge on any atom is -0.472 e. The first-order valence-corrected chi connectivity index (χ1v) is 5.71. The number of rotatable bonds is 6. The van der Waals surface area contributed by atoms with Crippen LogP contribution in [0.3, 0.4) is 0 Å². The van der Waals surface area contributed by atoms with E-state index < -0.39 is 0 Å². The van der Waals surface area contributed by atoms with Gasteiger partial charge in [0.05, 0.1) is 31.0 Å². The summed E-state index contributed by atoms with van der Waals surface area (Å²) in [5, 5.41) is 12.0. The molecule has 2 aromatic heterocycles. The van der Waals surface area contributed by atoms with Crippen molar-refractivity contribution >= 4 is 5.71 Å². The normalized spacial score (nSPS) is 12.2. The summed E-state index contributed by atoms with van der Waals surface area (Å²) in [6, 6.07) is 5.70. The third kappa shape index (κ3) is 3.49. The van der Waals surface area contributed by atoms with Gasteiger partial charge < -0.3 is 14.0 Å². The minimum absolute atomic E-state index is 0.572. The van der Waals surface area contributed by atoms with Crippen LogP contribution in [0.4, 0.5) is 0 Å². The molecule has 2 aromatic rings. The van der Waals surface area contributed by atoms with Crippen LogP contribution in [-0.2, 0) is 13.1 Å². The summed E-state index contributed by atoms with van der Waals surface area (Å²) >= 11 is 0. The molecule has 0 aliphatic rings. The van der Waals surface area contributed by atoms with Crippen molar-refractivity contribution in [2.24, 2.45) is 5.16 Å². The first-order valence-electron chi connectivity index (χ1n) is 5.71. The molecule has 2 rings (SSSR count). The number of hydrogen-bond donors (Lipinski definition) is 1. The first-order chi connectivity index (χ1) is 8.78. The molecule has 96 valence electrons. The molecule has 0 aliphatic carbocycles. The Morgan fingerprint density at radius 1 is 1.33 bits per heavy atom. The predicted octanol–water partition coefficient (Wildman–Crippen LogP) is 2.72. The fraction of sp³-hybridized carbons (Fsp3) is 0.308. The summed E-state index contributed by atoms with van der Waals surface area (Å²) in [4.78, 5) is 2.11. The quantitative estimate of drug-likeness (QED) is 0.485. The molecule has 5 nitrogen and oxygen atoms in total. The third-order valence-electron chi connectivity index (χ3n) is 2.57. The maximum absolute atomic E-state index is 8.76. The molecule has 0 amide bonds. The molecule has 1 N–H and O–H groups in total. The molecule has 0 atom stereocenters. The maximum Gasteiger partial charge on any atom is 0.117 e. The SMILES string of the molecule is CC(CN(Cc1ccoc1)Cc1ccco1)=NO. The second-order valence-corrected chi connectivity index (χ2v) is 4.19. The van der Waals surface area contributed by atoms with Crippen LogP contribution in [0.15, 0.2) is 51.0 Å². The van der Waals surface area contributed by atoms with Crippen molar-refractivity contribution in [3.8, 4) is 0 Å². The van der Waals surface area contributed by atoms with Crippen molar-refractivity contribution in [1.82, 2.24) is 4.90 Å². The van der Waals surface area contributed by atoms with Gasteiger partial charge in [-0.2, -0.15) is 0 Å². The Kier molecular flexibility index (Phi) is 4.20. The second kappa shape index (κ2) is 6.07. The summed E-state index contributed by atoms with van der Waals surface area (Å²) in [5.41, 5.74) is 1.73. The molecular formula is C13H16N2O3. The van der Waals surface area contributed by atoms with E-state index in [1.165, 1.54) is 0 Å². The van der Waals surface area contributed by atoms with Gasteiger partial charge in [-0.25, -0.2) is 0 Å². The number of hydrogen-bond acceptors (Lipinski definition) is 5. The molecule has 18 heavy (non-hydrogen) atoms. The highest BCUT2D eigenvalue weighted by Gasteiger charge is 2.11. The van der Waals surface area contributed by atoms with Crippen molar-refractivity contribution in [3.63, 3.8) is 0 Å². The highest BCUT2D eigenvalue weighted by Crippen LogP contribution is 2.11. The lowest BCUT2D eigenvalue weighted by atomic mass is 10.2. The summed E-state index contributed by atoms with van der Waals surface area (Å²) in [7, 11) is 0. The summed E-state index contributed by atoms with van der Waals surface area (Å²) in [6.07, 6.45) is 5.01. The Balaban J connectivity index is 2.02. The van der Waals surface area contributed by atoms with Gasteiger partial charge in [0.25, 0.3) is 0 Å². The van der Waals surface area contributed by atoms with Crippen molar-refractivity contribution < 1.29 is 14.0 Å². The molecule has 0 radical (unpaired) electrons. The van der Waals surface area contributed by atoms with Gasteiger partial charge in [0.15, 0.2) is 0 Å². The maximum atomic E-state index is 8.76. The Morgan fingerprint density at radius 3 is 2.83 bits per heavy atom. The van der Waals surface area contributed by atoms with Crippen molar-refractivity contribution in [2.75, 3.05) is 6.54 Å². The van der Waals surface area contributed by atoms with Gasteiger partial charge in [-0.15, -0.1) is 0 Å². The molecule has 0 aliphatic heterocycles. The minimum atomic E-state index is 0.572. The zero-order valence-corrected chi connectivity index (χ0v) is 10.2. The van der Waals surface area contributed by atoms with Crippen molar-refractivity contribution in [3.05, 3.63) is 48.3 Å². The number of oxime groups is 1. The summed E-state index contributed by atoms with van der Waals surface area (Å²) in [5.74, 6) is 0.879. The van der Waals surface area contributed by atoms with Crippen LogP contribution < -0.4 is 0 Å². The lowest BCUT2D eigenvalue weighted by molar-refractivity contribution is 0.259. The van der Waals surface area contributed by atoms with Gasteiger partial charge in [-0.05, 0) is 25.1 Å². The molecule has 0 saturated carbocycles. The fourth-order valence-electron chi connectivity index (χ4n) is 1.79. The lowest BCUT2D eigenvalue weighted by Gasteiger charge is -2.19. The number of nitrogens with zero attached hydrogens (tertiary/aromatic N) is 2. The molecule has 0 bridgehead atoms. The van der Waals surface area contributed by atoms with Gasteiger partial charge in [0, 0.05) is 18.7 Å². The van der Waals surface area contributed by atoms with E-state index in [-0.39, 0.29) is 0 Å². The zero-order valence-electron chi connectivity index (χ0n) is 10.2. The van der Waals surface area contributed by atoms with Crippen LogP contribution in [-0.4, -0.2) is 22.4 Å². The third-order valence-corrected chi connectivity index (χ3v) is 2.57. The van der Waals surface area contributed by atoms with Crippen LogP contribution in [0.1, 0.15) is 18.2 Å². The van der Waals surface area contributed by atoms with E-state index >= 15 is 0 Å². The standard InChI is InChI=1S/C13H16N2O3/c1-11(14-16)7-15(8-12-4-6-17-10-12)9-13-3-2-5-18-13/h2-6,10,16H,7-9H2,1H3. The van der Waals surface area contributed by atoms with Gasteiger partial charge in [-0.1, -0.05) is 5.16 Å². The van der Waals surface area contributed by atoms with Crippen LogP contribution in [0.25, 0.3) is 0 Å². The van der Waals surface area contributed by atoms with Crippen molar-refractivity contribution in [1.29, 1.82) is 0 Å². The molecule has 2 heterocycles. The highest BCUT2D eigenvalue weighted by molar-refractivity contribution is 5.83. The molecule has 0 saturated heterocycles.